The van der Waals surface area contributed by atoms with Gasteiger partial charge in [0.1, 0.15) is 11.6 Å². The Balaban J connectivity index is 2.21. The number of aryl methyl sites for hydroxylation is 1. The second-order valence-corrected chi connectivity index (χ2v) is 7.59. The number of alkyl halides is 6. The largest absolute Gasteiger partial charge is 0.416 e. The zero-order chi connectivity index (χ0) is 25.4. The maximum Gasteiger partial charge on any atom is 0.416 e. The molecule has 0 fully saturated rings. The molecule has 13 heteroatoms. The molecule has 0 aliphatic heterocycles. The van der Waals surface area contributed by atoms with E-state index in [1.165, 1.54) is 26.1 Å². The third kappa shape index (κ3) is 5.13. The minimum atomic E-state index is -5.20. The van der Waals surface area contributed by atoms with E-state index in [0.717, 1.165) is 21.7 Å². The highest BCUT2D eigenvalue weighted by atomic mass is 32.1. The predicted octanol–water partition coefficient (Wildman–Crippen LogP) is 6.01. The van der Waals surface area contributed by atoms with E-state index in [2.05, 4.69) is 9.97 Å². The van der Waals surface area contributed by atoms with E-state index in [4.69, 9.17) is 12.2 Å². The van der Waals surface area contributed by atoms with Crippen LogP contribution >= 0.6 is 12.2 Å². The van der Waals surface area contributed by atoms with Crippen molar-refractivity contribution in [2.24, 2.45) is 0 Å². The summed E-state index contributed by atoms with van der Waals surface area (Å²) in [5, 5.41) is 0. The van der Waals surface area contributed by atoms with Gasteiger partial charge >= 0.3 is 12.4 Å². The minimum absolute atomic E-state index is 0.00771. The van der Waals surface area contributed by atoms with Crippen LogP contribution in [0.1, 0.15) is 29.3 Å². The highest BCUT2D eigenvalue weighted by Crippen LogP contribution is 2.40. The molecule has 34 heavy (non-hydrogen) atoms. The quantitative estimate of drug-likeness (QED) is 0.341. The van der Waals surface area contributed by atoms with Crippen molar-refractivity contribution < 1.29 is 35.5 Å². The number of amides is 1. The Hall–Kier alpha value is -3.22. The van der Waals surface area contributed by atoms with Gasteiger partial charge in [0.15, 0.2) is 4.77 Å². The number of aromatic amines is 1. The molecule has 5 nitrogen and oxygen atoms in total. The lowest BCUT2D eigenvalue weighted by Gasteiger charge is -2.24. The van der Waals surface area contributed by atoms with E-state index in [-0.39, 0.29) is 28.9 Å². The maximum absolute atomic E-state index is 13.9. The number of hydrogen-bond donors (Lipinski definition) is 1. The summed E-state index contributed by atoms with van der Waals surface area (Å²) in [7, 11) is 0. The van der Waals surface area contributed by atoms with E-state index in [0.29, 0.717) is 6.07 Å². The van der Waals surface area contributed by atoms with Crippen LogP contribution in [-0.2, 0) is 23.6 Å². The van der Waals surface area contributed by atoms with Crippen molar-refractivity contribution in [1.82, 2.24) is 14.5 Å². The van der Waals surface area contributed by atoms with E-state index in [1.807, 2.05) is 0 Å². The average molecular weight is 506 g/mol. The molecule has 182 valence electrons. The zero-order valence-corrected chi connectivity index (χ0v) is 18.5. The number of pyridine rings is 1. The molecule has 2 heterocycles. The van der Waals surface area contributed by atoms with Crippen LogP contribution in [0.2, 0.25) is 0 Å². The lowest BCUT2D eigenvalue weighted by Crippen LogP contribution is -2.34. The van der Waals surface area contributed by atoms with Gasteiger partial charge < -0.3 is 4.98 Å². The van der Waals surface area contributed by atoms with Crippen molar-refractivity contribution in [1.29, 1.82) is 0 Å². The summed E-state index contributed by atoms with van der Waals surface area (Å²) in [6, 6.07) is 2.72. The minimum Gasteiger partial charge on any atom is -0.337 e. The van der Waals surface area contributed by atoms with Crippen LogP contribution in [0.3, 0.4) is 0 Å². The first-order valence-corrected chi connectivity index (χ1v) is 10.2. The summed E-state index contributed by atoms with van der Waals surface area (Å²) in [4.78, 5) is 20.5. The number of halogens is 7. The zero-order valence-electron chi connectivity index (χ0n) is 17.7. The fourth-order valence-electron chi connectivity index (χ4n) is 3.38. The average Bonchev–Trinajstić information content (AvgIpc) is 3.15. The first-order valence-electron chi connectivity index (χ1n) is 9.75. The number of anilines is 1. The molecule has 0 atom stereocenters. The summed E-state index contributed by atoms with van der Waals surface area (Å²) in [6.07, 6.45) is -8.80. The van der Waals surface area contributed by atoms with Gasteiger partial charge in [0, 0.05) is 18.9 Å². The molecule has 1 amide bonds. The van der Waals surface area contributed by atoms with Crippen molar-refractivity contribution in [2.45, 2.75) is 32.6 Å². The molecule has 0 aliphatic rings. The Bertz CT molecular complexity index is 1280. The fourth-order valence-corrected chi connectivity index (χ4v) is 3.61. The molecule has 3 aromatic rings. The van der Waals surface area contributed by atoms with Gasteiger partial charge in [-0.05, 0) is 55.9 Å². The van der Waals surface area contributed by atoms with Crippen LogP contribution in [0.25, 0.3) is 5.69 Å². The van der Waals surface area contributed by atoms with Crippen molar-refractivity contribution in [2.75, 3.05) is 11.4 Å². The van der Waals surface area contributed by atoms with Crippen LogP contribution < -0.4 is 4.90 Å². The Morgan fingerprint density at radius 3 is 2.32 bits per heavy atom. The summed E-state index contributed by atoms with van der Waals surface area (Å²) < 4.78 is 96.3. The fraction of sp³-hybridized carbons (Fsp3) is 0.286. The number of nitrogens with one attached hydrogen (secondary N) is 1. The van der Waals surface area contributed by atoms with E-state index in [1.54, 1.807) is 0 Å². The lowest BCUT2D eigenvalue weighted by molar-refractivity contribution is -0.143. The number of carbonyl (C=O) groups is 1. The van der Waals surface area contributed by atoms with Gasteiger partial charge in [-0.3, -0.25) is 14.3 Å². The molecule has 1 aromatic carbocycles. The standard InChI is InChI=1S/C21H17F7N4OS/c1-3-31(17-5-4-15(22)11(2)30-17)18(33)10-13-14(21(26,27)28)8-12(20(23,24)25)9-16(13)32-7-6-29-19(32)34/h4-9H,3,10H2,1-2H3,(H,29,34). The second kappa shape index (κ2) is 9.20. The third-order valence-corrected chi connectivity index (χ3v) is 5.31. The molecule has 2 aromatic heterocycles. The molecule has 0 saturated heterocycles. The Labute approximate surface area is 193 Å². The molecule has 0 saturated carbocycles. The van der Waals surface area contributed by atoms with Crippen LogP contribution in [-0.4, -0.2) is 27.0 Å². The molecular formula is C21H17F7N4OS. The van der Waals surface area contributed by atoms with Gasteiger partial charge in [-0.2, -0.15) is 26.3 Å². The van der Waals surface area contributed by atoms with E-state index < -0.39 is 52.9 Å². The number of rotatable bonds is 5. The van der Waals surface area contributed by atoms with E-state index in [9.17, 15) is 35.5 Å². The first-order chi connectivity index (χ1) is 15.7. The molecule has 0 spiro atoms. The Kier molecular flexibility index (Phi) is 6.87. The van der Waals surface area contributed by atoms with Crippen molar-refractivity contribution >= 4 is 23.9 Å². The van der Waals surface area contributed by atoms with Gasteiger partial charge in [-0.15, -0.1) is 0 Å². The highest BCUT2D eigenvalue weighted by molar-refractivity contribution is 7.71. The number of nitrogens with zero attached hydrogens (tertiary/aromatic N) is 3. The molecule has 0 bridgehead atoms. The maximum atomic E-state index is 13.9. The monoisotopic (exact) mass is 506 g/mol. The molecule has 3 rings (SSSR count). The van der Waals surface area contributed by atoms with Crippen LogP contribution in [0.15, 0.2) is 36.7 Å². The number of carbonyl (C=O) groups excluding carboxylic acids is 1. The molecular weight excluding hydrogens is 489 g/mol. The smallest absolute Gasteiger partial charge is 0.337 e. The first kappa shape index (κ1) is 25.4. The summed E-state index contributed by atoms with van der Waals surface area (Å²) >= 11 is 5.00. The molecule has 0 unspecified atom stereocenters. The van der Waals surface area contributed by atoms with Gasteiger partial charge in [0.05, 0.1) is 28.9 Å². The number of likely N-dealkylation sites (N-methyl/N-ethyl adjacent to an activating group) is 1. The normalized spacial score (nSPS) is 12.1. The highest BCUT2D eigenvalue weighted by Gasteiger charge is 2.40. The van der Waals surface area contributed by atoms with Gasteiger partial charge in [-0.25, -0.2) is 9.37 Å². The van der Waals surface area contributed by atoms with Crippen LogP contribution in [0.5, 0.6) is 0 Å². The van der Waals surface area contributed by atoms with Gasteiger partial charge in [0.25, 0.3) is 0 Å². The van der Waals surface area contributed by atoms with Crippen molar-refractivity contribution in [3.05, 3.63) is 69.6 Å². The Morgan fingerprint density at radius 2 is 1.82 bits per heavy atom. The number of hydrogen-bond acceptors (Lipinski definition) is 3. The SMILES string of the molecule is CCN(C(=O)Cc1c(-n2cc[nH]c2=S)cc(C(F)(F)F)cc1C(F)(F)F)c1ccc(F)c(C)n1. The third-order valence-electron chi connectivity index (χ3n) is 5.00. The summed E-state index contributed by atoms with van der Waals surface area (Å²) in [6.45, 7) is 2.84. The number of H-pyrrole nitrogens is 1. The van der Waals surface area contributed by atoms with Crippen LogP contribution in [0, 0.1) is 17.5 Å². The lowest BCUT2D eigenvalue weighted by atomic mass is 9.97. The summed E-state index contributed by atoms with van der Waals surface area (Å²) in [5.74, 6) is -1.53. The van der Waals surface area contributed by atoms with Crippen molar-refractivity contribution in [3.63, 3.8) is 0 Å². The summed E-state index contributed by atoms with van der Waals surface area (Å²) in [5.41, 5.74) is -4.43. The number of aromatic nitrogens is 3. The van der Waals surface area contributed by atoms with Gasteiger partial charge in [-0.1, -0.05) is 0 Å². The molecule has 0 aliphatic carbocycles. The molecule has 0 radical (unpaired) electrons. The number of benzene rings is 1. The van der Waals surface area contributed by atoms with Gasteiger partial charge in [0.2, 0.25) is 5.91 Å². The topological polar surface area (TPSA) is 53.9 Å². The number of imidazole rings is 1. The second-order valence-electron chi connectivity index (χ2n) is 7.20. The predicted molar refractivity (Wildman–Crippen MR) is 112 cm³/mol. The Morgan fingerprint density at radius 1 is 1.15 bits per heavy atom. The van der Waals surface area contributed by atoms with E-state index >= 15 is 0 Å². The molecule has 1 N–H and O–H groups in total. The van der Waals surface area contributed by atoms with Crippen molar-refractivity contribution in [3.8, 4) is 5.69 Å². The van der Waals surface area contributed by atoms with Crippen LogP contribution in [0.4, 0.5) is 36.6 Å².